The maximum Gasteiger partial charge on any atom is 0.221 e. The van der Waals surface area contributed by atoms with Gasteiger partial charge in [0, 0.05) is 19.0 Å². The Labute approximate surface area is 121 Å². The number of carbonyl (C=O) groups excluding carboxylic acids is 1. The van der Waals surface area contributed by atoms with Crippen LogP contribution < -0.4 is 15.8 Å². The van der Waals surface area contributed by atoms with Gasteiger partial charge < -0.3 is 15.8 Å². The van der Waals surface area contributed by atoms with Crippen LogP contribution in [0.15, 0.2) is 24.3 Å². The molecule has 0 fully saturated rings. The summed E-state index contributed by atoms with van der Waals surface area (Å²) in [6, 6.07) is 8.17. The molecule has 0 spiro atoms. The molecule has 0 aromatic heterocycles. The Balaban J connectivity index is 0.00000324. The topological polar surface area (TPSA) is 64.3 Å². The number of nitrogens with two attached hydrogens (primary N) is 1. The number of benzene rings is 1. The van der Waals surface area contributed by atoms with Crippen LogP contribution in [0.3, 0.4) is 0 Å². The fraction of sp³-hybridized carbons (Fsp3) is 0.500. The van der Waals surface area contributed by atoms with Gasteiger partial charge in [0.1, 0.15) is 5.75 Å². The smallest absolute Gasteiger partial charge is 0.221 e. The third-order valence-corrected chi connectivity index (χ3v) is 2.80. The van der Waals surface area contributed by atoms with E-state index in [1.54, 1.807) is 7.11 Å². The fourth-order valence-electron chi connectivity index (χ4n) is 1.73. The van der Waals surface area contributed by atoms with Crippen LogP contribution in [0.1, 0.15) is 25.3 Å². The summed E-state index contributed by atoms with van der Waals surface area (Å²) >= 11 is 0. The second-order valence-electron chi connectivity index (χ2n) is 4.39. The van der Waals surface area contributed by atoms with Crippen molar-refractivity contribution in [2.45, 2.75) is 32.2 Å². The lowest BCUT2D eigenvalue weighted by molar-refractivity contribution is -0.121. The van der Waals surface area contributed by atoms with E-state index in [2.05, 4.69) is 5.32 Å². The Morgan fingerprint density at radius 3 is 2.53 bits per heavy atom. The molecular weight excluding hydrogens is 264 g/mol. The van der Waals surface area contributed by atoms with Crippen molar-refractivity contribution in [1.29, 1.82) is 0 Å². The van der Waals surface area contributed by atoms with Crippen molar-refractivity contribution in [3.63, 3.8) is 0 Å². The number of carbonyl (C=O) groups is 1. The molecule has 0 aliphatic rings. The van der Waals surface area contributed by atoms with Crippen molar-refractivity contribution in [2.24, 2.45) is 5.73 Å². The molecule has 5 heteroatoms. The second-order valence-corrected chi connectivity index (χ2v) is 4.39. The molecule has 1 atom stereocenters. The third-order valence-electron chi connectivity index (χ3n) is 2.80. The Morgan fingerprint density at radius 2 is 2.00 bits per heavy atom. The van der Waals surface area contributed by atoms with Gasteiger partial charge in [-0.15, -0.1) is 12.4 Å². The van der Waals surface area contributed by atoms with Crippen LogP contribution in [0.25, 0.3) is 0 Å². The summed E-state index contributed by atoms with van der Waals surface area (Å²) in [5, 5.41) is 2.93. The van der Waals surface area contributed by atoms with Crippen LogP contribution in [-0.4, -0.2) is 25.6 Å². The summed E-state index contributed by atoms with van der Waals surface area (Å²) in [7, 11) is 1.66. The normalized spacial score (nSPS) is 11.3. The Hall–Kier alpha value is -1.26. The molecule has 0 heterocycles. The first-order valence-electron chi connectivity index (χ1n) is 6.28. The SMILES string of the molecule is COc1ccc(CCC(C)NC(=O)CCN)cc1.Cl. The number of rotatable bonds is 7. The summed E-state index contributed by atoms with van der Waals surface area (Å²) in [5.74, 6) is 0.891. The molecule has 108 valence electrons. The number of hydrogen-bond donors (Lipinski definition) is 2. The van der Waals surface area contributed by atoms with Crippen molar-refractivity contribution in [3.8, 4) is 5.75 Å². The van der Waals surface area contributed by atoms with Gasteiger partial charge in [0.05, 0.1) is 7.11 Å². The molecule has 19 heavy (non-hydrogen) atoms. The molecular formula is C14H23ClN2O2. The molecule has 0 aliphatic heterocycles. The van der Waals surface area contributed by atoms with E-state index in [1.165, 1.54) is 5.56 Å². The number of halogens is 1. The lowest BCUT2D eigenvalue weighted by atomic mass is 10.1. The van der Waals surface area contributed by atoms with Gasteiger partial charge in [0.15, 0.2) is 0 Å². The van der Waals surface area contributed by atoms with Crippen molar-refractivity contribution in [3.05, 3.63) is 29.8 Å². The van der Waals surface area contributed by atoms with Gasteiger partial charge in [-0.25, -0.2) is 0 Å². The predicted molar refractivity (Wildman–Crippen MR) is 79.8 cm³/mol. The highest BCUT2D eigenvalue weighted by molar-refractivity contribution is 5.85. The van der Waals surface area contributed by atoms with E-state index in [1.807, 2.05) is 31.2 Å². The minimum absolute atomic E-state index is 0. The van der Waals surface area contributed by atoms with Crippen LogP contribution in [0.2, 0.25) is 0 Å². The van der Waals surface area contributed by atoms with E-state index in [-0.39, 0.29) is 24.4 Å². The summed E-state index contributed by atoms with van der Waals surface area (Å²) in [6.45, 7) is 2.41. The minimum Gasteiger partial charge on any atom is -0.497 e. The molecule has 0 saturated carbocycles. The summed E-state index contributed by atoms with van der Waals surface area (Å²) in [6.07, 6.45) is 2.25. The zero-order valence-electron chi connectivity index (χ0n) is 11.5. The summed E-state index contributed by atoms with van der Waals surface area (Å²) < 4.78 is 5.11. The Morgan fingerprint density at radius 1 is 1.37 bits per heavy atom. The van der Waals surface area contributed by atoms with Crippen LogP contribution in [-0.2, 0) is 11.2 Å². The number of nitrogens with one attached hydrogen (secondary N) is 1. The molecule has 0 saturated heterocycles. The number of ether oxygens (including phenoxy) is 1. The van der Waals surface area contributed by atoms with Gasteiger partial charge in [0.2, 0.25) is 5.91 Å². The highest BCUT2D eigenvalue weighted by Crippen LogP contribution is 2.13. The van der Waals surface area contributed by atoms with Gasteiger partial charge in [-0.3, -0.25) is 4.79 Å². The van der Waals surface area contributed by atoms with Crippen LogP contribution in [0.4, 0.5) is 0 Å². The summed E-state index contributed by atoms with van der Waals surface area (Å²) in [5.41, 5.74) is 6.57. The van der Waals surface area contributed by atoms with Gasteiger partial charge in [0.25, 0.3) is 0 Å². The van der Waals surface area contributed by atoms with Crippen molar-refractivity contribution >= 4 is 18.3 Å². The lowest BCUT2D eigenvalue weighted by Gasteiger charge is -2.13. The van der Waals surface area contributed by atoms with E-state index in [0.29, 0.717) is 13.0 Å². The minimum atomic E-state index is 0. The Kier molecular flexibility index (Phi) is 9.00. The van der Waals surface area contributed by atoms with E-state index < -0.39 is 0 Å². The zero-order valence-corrected chi connectivity index (χ0v) is 12.3. The first-order valence-corrected chi connectivity index (χ1v) is 6.28. The predicted octanol–water partition coefficient (Wildman–Crippen LogP) is 1.90. The van der Waals surface area contributed by atoms with E-state index in [9.17, 15) is 4.79 Å². The standard InChI is InChI=1S/C14H22N2O2.ClH/c1-11(16-14(17)9-10-15)3-4-12-5-7-13(18-2)8-6-12;/h5-8,11H,3-4,9-10,15H2,1-2H3,(H,16,17);1H. The molecule has 3 N–H and O–H groups in total. The highest BCUT2D eigenvalue weighted by Gasteiger charge is 2.06. The van der Waals surface area contributed by atoms with Crippen LogP contribution in [0.5, 0.6) is 5.75 Å². The molecule has 4 nitrogen and oxygen atoms in total. The van der Waals surface area contributed by atoms with Crippen LogP contribution >= 0.6 is 12.4 Å². The molecule has 0 aliphatic carbocycles. The van der Waals surface area contributed by atoms with Crippen molar-refractivity contribution in [2.75, 3.05) is 13.7 Å². The van der Waals surface area contributed by atoms with E-state index in [4.69, 9.17) is 10.5 Å². The lowest BCUT2D eigenvalue weighted by Crippen LogP contribution is -2.33. The number of methoxy groups -OCH3 is 1. The quantitative estimate of drug-likeness (QED) is 0.805. The monoisotopic (exact) mass is 286 g/mol. The average Bonchev–Trinajstić information content (AvgIpc) is 2.37. The van der Waals surface area contributed by atoms with Gasteiger partial charge in [-0.1, -0.05) is 12.1 Å². The van der Waals surface area contributed by atoms with E-state index >= 15 is 0 Å². The zero-order chi connectivity index (χ0) is 13.4. The molecule has 1 amide bonds. The summed E-state index contributed by atoms with van der Waals surface area (Å²) in [4.78, 5) is 11.3. The molecule has 0 bridgehead atoms. The molecule has 1 rings (SSSR count). The second kappa shape index (κ2) is 9.64. The third kappa shape index (κ3) is 7.03. The maximum absolute atomic E-state index is 11.3. The van der Waals surface area contributed by atoms with Gasteiger partial charge in [-0.2, -0.15) is 0 Å². The number of hydrogen-bond acceptors (Lipinski definition) is 3. The number of amides is 1. The maximum atomic E-state index is 11.3. The first kappa shape index (κ1) is 17.7. The number of aryl methyl sites for hydroxylation is 1. The Bertz CT molecular complexity index is 368. The van der Waals surface area contributed by atoms with Crippen LogP contribution in [0, 0.1) is 0 Å². The van der Waals surface area contributed by atoms with Gasteiger partial charge >= 0.3 is 0 Å². The van der Waals surface area contributed by atoms with Crippen molar-refractivity contribution < 1.29 is 9.53 Å². The molecule has 1 unspecified atom stereocenters. The van der Waals surface area contributed by atoms with Crippen molar-refractivity contribution in [1.82, 2.24) is 5.32 Å². The van der Waals surface area contributed by atoms with Gasteiger partial charge in [-0.05, 0) is 37.5 Å². The molecule has 1 aromatic rings. The average molecular weight is 287 g/mol. The molecule has 0 radical (unpaired) electrons. The fourth-order valence-corrected chi connectivity index (χ4v) is 1.73. The molecule has 1 aromatic carbocycles. The van der Waals surface area contributed by atoms with E-state index in [0.717, 1.165) is 18.6 Å². The largest absolute Gasteiger partial charge is 0.497 e. The first-order chi connectivity index (χ1) is 8.65. The highest BCUT2D eigenvalue weighted by atomic mass is 35.5.